The molecule has 8 nitrogen and oxygen atoms in total. The van der Waals surface area contributed by atoms with Crippen molar-refractivity contribution in [2.75, 3.05) is 6.61 Å². The number of aliphatic hydroxyl groups is 3. The summed E-state index contributed by atoms with van der Waals surface area (Å²) in [5.74, 6) is 0. The topological polar surface area (TPSA) is 125 Å². The fraction of sp³-hybridized carbons (Fsp3) is 0.556. The van der Waals surface area contributed by atoms with E-state index in [-0.39, 0.29) is 6.61 Å². The number of aromatic nitrogens is 2. The zero-order valence-electron chi connectivity index (χ0n) is 8.68. The monoisotopic (exact) mass is 244 g/mol. The number of aromatic amines is 1. The number of aliphatic hydroxyl groups excluding tert-OH is 3. The summed E-state index contributed by atoms with van der Waals surface area (Å²) in [5, 5.41) is 28.4. The van der Waals surface area contributed by atoms with Crippen LogP contribution in [-0.2, 0) is 4.74 Å². The van der Waals surface area contributed by atoms with Gasteiger partial charge in [0.05, 0.1) is 6.61 Å². The molecule has 1 aromatic heterocycles. The number of hydrogen-bond donors (Lipinski definition) is 4. The second-order valence-corrected chi connectivity index (χ2v) is 3.79. The van der Waals surface area contributed by atoms with Crippen LogP contribution in [0.4, 0.5) is 0 Å². The second kappa shape index (κ2) is 4.41. The van der Waals surface area contributed by atoms with Gasteiger partial charge in [-0.3, -0.25) is 14.3 Å². The van der Waals surface area contributed by atoms with Crippen molar-refractivity contribution < 1.29 is 20.1 Å². The van der Waals surface area contributed by atoms with E-state index in [1.807, 2.05) is 4.98 Å². The molecule has 0 radical (unpaired) electrons. The lowest BCUT2D eigenvalue weighted by Crippen LogP contribution is -2.52. The summed E-state index contributed by atoms with van der Waals surface area (Å²) in [4.78, 5) is 24.3. The minimum atomic E-state index is -1.46. The zero-order valence-corrected chi connectivity index (χ0v) is 8.68. The smallest absolute Gasteiger partial charge is 0.330 e. The minimum Gasteiger partial charge on any atom is -0.388 e. The molecular weight excluding hydrogens is 232 g/mol. The highest BCUT2D eigenvalue weighted by Crippen LogP contribution is 2.22. The summed E-state index contributed by atoms with van der Waals surface area (Å²) < 4.78 is 6.01. The van der Waals surface area contributed by atoms with Crippen LogP contribution >= 0.6 is 0 Å². The molecule has 0 bridgehead atoms. The molecule has 94 valence electrons. The Morgan fingerprint density at radius 2 is 2.00 bits per heavy atom. The van der Waals surface area contributed by atoms with Crippen molar-refractivity contribution in [3.8, 4) is 0 Å². The fourth-order valence-corrected chi connectivity index (χ4v) is 1.66. The normalized spacial score (nSPS) is 33.6. The van der Waals surface area contributed by atoms with Crippen molar-refractivity contribution >= 4 is 0 Å². The van der Waals surface area contributed by atoms with Crippen molar-refractivity contribution in [3.05, 3.63) is 33.1 Å². The van der Waals surface area contributed by atoms with Gasteiger partial charge < -0.3 is 20.1 Å². The standard InChI is InChI=1S/C9H12N2O6/c12-4-3-17-8(7(15)6(4)14)11-2-1-5(13)10-9(11)16/h1-2,4,6-8,12,14-15H,3H2,(H,10,13,16)/t4-,6-,7+,8?/m1/s1. The predicted molar refractivity (Wildman–Crippen MR) is 54.3 cm³/mol. The number of hydrogen-bond acceptors (Lipinski definition) is 6. The summed E-state index contributed by atoms with van der Waals surface area (Å²) >= 11 is 0. The Morgan fingerprint density at radius 3 is 2.65 bits per heavy atom. The first-order chi connectivity index (χ1) is 8.00. The second-order valence-electron chi connectivity index (χ2n) is 3.79. The Bertz CT molecular complexity index is 509. The maximum absolute atomic E-state index is 11.4. The predicted octanol–water partition coefficient (Wildman–Crippen LogP) is -2.85. The molecule has 17 heavy (non-hydrogen) atoms. The molecule has 2 heterocycles. The Labute approximate surface area is 94.7 Å². The van der Waals surface area contributed by atoms with Gasteiger partial charge in [-0.1, -0.05) is 0 Å². The van der Waals surface area contributed by atoms with Gasteiger partial charge in [0, 0.05) is 12.3 Å². The summed E-state index contributed by atoms with van der Waals surface area (Å²) in [5.41, 5.74) is -1.33. The molecule has 1 unspecified atom stereocenters. The molecule has 2 rings (SSSR count). The van der Waals surface area contributed by atoms with Gasteiger partial charge in [-0.2, -0.15) is 0 Å². The Kier molecular flexibility index (Phi) is 3.11. The van der Waals surface area contributed by atoms with Crippen LogP contribution in [0.3, 0.4) is 0 Å². The van der Waals surface area contributed by atoms with Crippen LogP contribution in [0, 0.1) is 0 Å². The number of H-pyrrole nitrogens is 1. The number of nitrogens with one attached hydrogen (secondary N) is 1. The molecule has 1 aliphatic rings. The SMILES string of the molecule is O=c1ccn(C2OC[C@@H](O)[C@@H](O)[C@@H]2O)c(=O)[nH]1. The first kappa shape index (κ1) is 12.0. The highest BCUT2D eigenvalue weighted by molar-refractivity contribution is 4.90. The maximum atomic E-state index is 11.4. The number of ether oxygens (including phenoxy) is 1. The Balaban J connectivity index is 2.34. The molecule has 1 aromatic rings. The highest BCUT2D eigenvalue weighted by atomic mass is 16.5. The van der Waals surface area contributed by atoms with E-state index in [1.54, 1.807) is 0 Å². The molecule has 0 amide bonds. The van der Waals surface area contributed by atoms with Crippen LogP contribution in [0.25, 0.3) is 0 Å². The molecule has 0 aliphatic carbocycles. The molecule has 4 N–H and O–H groups in total. The molecule has 1 saturated heterocycles. The molecule has 0 spiro atoms. The van der Waals surface area contributed by atoms with Crippen molar-refractivity contribution in [2.45, 2.75) is 24.5 Å². The summed E-state index contributed by atoms with van der Waals surface area (Å²) in [7, 11) is 0. The van der Waals surface area contributed by atoms with Gasteiger partial charge in [-0.15, -0.1) is 0 Å². The largest absolute Gasteiger partial charge is 0.388 e. The molecule has 1 aliphatic heterocycles. The van der Waals surface area contributed by atoms with E-state index in [0.717, 1.165) is 16.8 Å². The van der Waals surface area contributed by atoms with Crippen LogP contribution in [-0.4, -0.2) is 49.8 Å². The van der Waals surface area contributed by atoms with Gasteiger partial charge >= 0.3 is 5.69 Å². The van der Waals surface area contributed by atoms with Crippen molar-refractivity contribution in [1.82, 2.24) is 9.55 Å². The highest BCUT2D eigenvalue weighted by Gasteiger charge is 2.38. The van der Waals surface area contributed by atoms with Gasteiger partial charge in [-0.05, 0) is 0 Å². The van der Waals surface area contributed by atoms with Crippen molar-refractivity contribution in [1.29, 1.82) is 0 Å². The van der Waals surface area contributed by atoms with Gasteiger partial charge in [0.2, 0.25) is 0 Å². The van der Waals surface area contributed by atoms with Gasteiger partial charge in [0.15, 0.2) is 6.23 Å². The van der Waals surface area contributed by atoms with E-state index >= 15 is 0 Å². The Morgan fingerprint density at radius 1 is 1.29 bits per heavy atom. The fourth-order valence-electron chi connectivity index (χ4n) is 1.66. The van der Waals surface area contributed by atoms with Gasteiger partial charge in [-0.25, -0.2) is 4.79 Å². The van der Waals surface area contributed by atoms with Crippen LogP contribution in [0.1, 0.15) is 6.23 Å². The molecule has 0 aromatic carbocycles. The first-order valence-corrected chi connectivity index (χ1v) is 4.98. The molecule has 4 atom stereocenters. The zero-order chi connectivity index (χ0) is 12.6. The molecule has 8 heteroatoms. The van der Waals surface area contributed by atoms with E-state index in [2.05, 4.69) is 0 Å². The van der Waals surface area contributed by atoms with E-state index in [9.17, 15) is 24.9 Å². The third-order valence-electron chi connectivity index (χ3n) is 2.60. The molecular formula is C9H12N2O6. The van der Waals surface area contributed by atoms with E-state index in [1.165, 1.54) is 0 Å². The molecule has 1 fully saturated rings. The summed E-state index contributed by atoms with van der Waals surface area (Å²) in [6.45, 7) is -0.214. The van der Waals surface area contributed by atoms with Crippen molar-refractivity contribution in [2.24, 2.45) is 0 Å². The average Bonchev–Trinajstić information content (AvgIpc) is 2.28. The van der Waals surface area contributed by atoms with Crippen molar-refractivity contribution in [3.63, 3.8) is 0 Å². The minimum absolute atomic E-state index is 0.214. The van der Waals surface area contributed by atoms with Gasteiger partial charge in [0.1, 0.15) is 18.3 Å². The lowest BCUT2D eigenvalue weighted by atomic mass is 10.0. The van der Waals surface area contributed by atoms with E-state index < -0.39 is 35.8 Å². The molecule has 0 saturated carbocycles. The van der Waals surface area contributed by atoms with Crippen LogP contribution in [0.15, 0.2) is 21.9 Å². The number of nitrogens with zero attached hydrogens (tertiary/aromatic N) is 1. The van der Waals surface area contributed by atoms with E-state index in [0.29, 0.717) is 0 Å². The van der Waals surface area contributed by atoms with Crippen LogP contribution in [0.2, 0.25) is 0 Å². The number of rotatable bonds is 1. The lowest BCUT2D eigenvalue weighted by Gasteiger charge is -2.35. The quantitative estimate of drug-likeness (QED) is 0.421. The van der Waals surface area contributed by atoms with Crippen LogP contribution < -0.4 is 11.2 Å². The maximum Gasteiger partial charge on any atom is 0.330 e. The Hall–Kier alpha value is -1.48. The van der Waals surface area contributed by atoms with Crippen LogP contribution in [0.5, 0.6) is 0 Å². The average molecular weight is 244 g/mol. The third-order valence-corrected chi connectivity index (χ3v) is 2.60. The summed E-state index contributed by atoms with van der Waals surface area (Å²) in [6, 6.07) is 1.09. The lowest BCUT2D eigenvalue weighted by molar-refractivity contribution is -0.212. The third kappa shape index (κ3) is 2.15. The van der Waals surface area contributed by atoms with Gasteiger partial charge in [0.25, 0.3) is 5.56 Å². The van der Waals surface area contributed by atoms with E-state index in [4.69, 9.17) is 4.74 Å². The summed E-state index contributed by atoms with van der Waals surface area (Å²) in [6.07, 6.45) is -4.06. The first-order valence-electron chi connectivity index (χ1n) is 4.98.